The van der Waals surface area contributed by atoms with Crippen molar-refractivity contribution in [2.45, 2.75) is 12.5 Å². The first-order chi connectivity index (χ1) is 7.79. The van der Waals surface area contributed by atoms with E-state index < -0.39 is 25.9 Å². The molecule has 0 saturated heterocycles. The van der Waals surface area contributed by atoms with E-state index >= 15 is 0 Å². The number of likely N-dealkylation sites (N-methyl/N-ethyl adjacent to an activating group) is 1. The smallest absolute Gasteiger partial charge is 0.339 e. The largest absolute Gasteiger partial charge is 0.480 e. The van der Waals surface area contributed by atoms with Crippen molar-refractivity contribution in [3.63, 3.8) is 0 Å². The van der Waals surface area contributed by atoms with Gasteiger partial charge in [-0.2, -0.15) is 0 Å². The molecule has 0 aliphatic rings. The molecule has 0 aliphatic carbocycles. The van der Waals surface area contributed by atoms with Gasteiger partial charge in [0.1, 0.15) is 12.3 Å². The quantitative estimate of drug-likeness (QED) is 0.508. The molecule has 1 heterocycles. The van der Waals surface area contributed by atoms with Gasteiger partial charge in [-0.15, -0.1) is 0 Å². The lowest BCUT2D eigenvalue weighted by atomic mass is 10.1. The zero-order valence-corrected chi connectivity index (χ0v) is 10.0. The zero-order chi connectivity index (χ0) is 13.1. The molecule has 0 saturated carbocycles. The lowest BCUT2D eigenvalue weighted by Crippen LogP contribution is -2.40. The highest BCUT2D eigenvalue weighted by Crippen LogP contribution is 2.35. The second kappa shape index (κ2) is 5.42. The number of aromatic nitrogens is 2. The van der Waals surface area contributed by atoms with Crippen molar-refractivity contribution in [1.29, 1.82) is 0 Å². The number of aromatic amines is 1. The molecular formula is C8H14N3O5P. The molecule has 0 aliphatic heterocycles. The molecule has 96 valence electrons. The van der Waals surface area contributed by atoms with Crippen molar-refractivity contribution in [1.82, 2.24) is 14.9 Å². The Hall–Kier alpha value is -1.21. The van der Waals surface area contributed by atoms with Gasteiger partial charge in [0.05, 0.1) is 12.0 Å². The maximum atomic E-state index is 11.0. The molecule has 4 N–H and O–H groups in total. The van der Waals surface area contributed by atoms with Crippen molar-refractivity contribution in [3.05, 3.63) is 18.2 Å². The van der Waals surface area contributed by atoms with Crippen LogP contribution in [0.4, 0.5) is 0 Å². The number of carboxylic acid groups (broad SMARTS) is 1. The Morgan fingerprint density at radius 1 is 1.65 bits per heavy atom. The van der Waals surface area contributed by atoms with Crippen LogP contribution in [-0.4, -0.2) is 55.1 Å². The fourth-order valence-corrected chi connectivity index (χ4v) is 2.20. The predicted molar refractivity (Wildman–Crippen MR) is 58.4 cm³/mol. The predicted octanol–water partition coefficient (Wildman–Crippen LogP) is -0.528. The van der Waals surface area contributed by atoms with Crippen LogP contribution < -0.4 is 0 Å². The third-order valence-electron chi connectivity index (χ3n) is 2.18. The number of aliphatic carboxylic acids is 1. The van der Waals surface area contributed by atoms with Crippen LogP contribution in [0.25, 0.3) is 0 Å². The summed E-state index contributed by atoms with van der Waals surface area (Å²) in [5.41, 5.74) is 0.523. The molecule has 9 heteroatoms. The van der Waals surface area contributed by atoms with Crippen LogP contribution in [0.15, 0.2) is 12.5 Å². The normalized spacial score (nSPS) is 13.9. The van der Waals surface area contributed by atoms with Gasteiger partial charge >= 0.3 is 13.6 Å². The van der Waals surface area contributed by atoms with Gasteiger partial charge in [-0.1, -0.05) is 0 Å². The van der Waals surface area contributed by atoms with Crippen molar-refractivity contribution in [3.8, 4) is 0 Å². The summed E-state index contributed by atoms with van der Waals surface area (Å²) in [6, 6.07) is -1.02. The molecule has 1 rings (SSSR count). The summed E-state index contributed by atoms with van der Waals surface area (Å²) >= 11 is 0. The minimum atomic E-state index is -4.27. The summed E-state index contributed by atoms with van der Waals surface area (Å²) in [6.07, 6.45) is 2.43. The van der Waals surface area contributed by atoms with Crippen molar-refractivity contribution in [2.75, 3.05) is 13.3 Å². The Kier molecular flexibility index (Phi) is 4.41. The van der Waals surface area contributed by atoms with Gasteiger partial charge in [0.15, 0.2) is 0 Å². The summed E-state index contributed by atoms with van der Waals surface area (Å²) in [4.78, 5) is 36.3. The topological polar surface area (TPSA) is 127 Å². The van der Waals surface area contributed by atoms with E-state index in [0.717, 1.165) is 4.90 Å². The number of carboxylic acids is 1. The molecule has 8 nitrogen and oxygen atoms in total. The molecule has 0 unspecified atom stereocenters. The number of imidazole rings is 1. The standard InChI is InChI=1S/C8H14N3O5P/c1-11(5-17(14,15)16)7(8(12)13)2-6-3-9-4-10-6/h3-4,7H,2,5H2,1H3,(H,9,10)(H,12,13)(H2,14,15,16)/t7-/m0/s1. The van der Waals surface area contributed by atoms with Crippen LogP contribution >= 0.6 is 7.60 Å². The monoisotopic (exact) mass is 263 g/mol. The molecule has 0 bridgehead atoms. The van der Waals surface area contributed by atoms with Gasteiger partial charge in [-0.25, -0.2) is 4.98 Å². The van der Waals surface area contributed by atoms with E-state index in [1.807, 2.05) is 0 Å². The molecule has 0 spiro atoms. The Balaban J connectivity index is 2.72. The number of hydrogen-bond acceptors (Lipinski definition) is 4. The maximum absolute atomic E-state index is 11.0. The number of H-pyrrole nitrogens is 1. The summed E-state index contributed by atoms with van der Waals surface area (Å²) in [5.74, 6) is -1.15. The number of hydrogen-bond donors (Lipinski definition) is 4. The summed E-state index contributed by atoms with van der Waals surface area (Å²) in [5, 5.41) is 9.01. The average molecular weight is 263 g/mol. The Bertz CT molecular complexity index is 415. The molecule has 1 aromatic heterocycles. The first-order valence-corrected chi connectivity index (χ1v) is 6.54. The maximum Gasteiger partial charge on any atom is 0.339 e. The lowest BCUT2D eigenvalue weighted by molar-refractivity contribution is -0.142. The average Bonchev–Trinajstić information content (AvgIpc) is 2.62. The molecular weight excluding hydrogens is 249 g/mol. The zero-order valence-electron chi connectivity index (χ0n) is 9.15. The summed E-state index contributed by atoms with van der Waals surface area (Å²) < 4.78 is 10.8. The lowest BCUT2D eigenvalue weighted by Gasteiger charge is -2.24. The molecule has 17 heavy (non-hydrogen) atoms. The number of nitrogens with zero attached hydrogens (tertiary/aromatic N) is 2. The number of rotatable bonds is 6. The highest BCUT2D eigenvalue weighted by Gasteiger charge is 2.28. The van der Waals surface area contributed by atoms with E-state index in [1.165, 1.54) is 13.4 Å². The fraction of sp³-hybridized carbons (Fsp3) is 0.500. The van der Waals surface area contributed by atoms with Crippen LogP contribution in [-0.2, 0) is 15.8 Å². The minimum absolute atomic E-state index is 0.0787. The number of carbonyl (C=O) groups is 1. The Morgan fingerprint density at radius 3 is 2.71 bits per heavy atom. The second-order valence-electron chi connectivity index (χ2n) is 3.68. The highest BCUT2D eigenvalue weighted by molar-refractivity contribution is 7.51. The molecule has 0 aromatic carbocycles. The third-order valence-corrected chi connectivity index (χ3v) is 3.00. The van der Waals surface area contributed by atoms with Crippen molar-refractivity contribution >= 4 is 13.6 Å². The van der Waals surface area contributed by atoms with E-state index in [4.69, 9.17) is 14.9 Å². The Labute approximate surface area is 97.5 Å². The van der Waals surface area contributed by atoms with E-state index in [-0.39, 0.29) is 6.42 Å². The number of nitrogens with one attached hydrogen (secondary N) is 1. The van der Waals surface area contributed by atoms with Gasteiger partial charge in [0.25, 0.3) is 0 Å². The van der Waals surface area contributed by atoms with Crippen LogP contribution in [0.5, 0.6) is 0 Å². The molecule has 1 atom stereocenters. The van der Waals surface area contributed by atoms with E-state index in [9.17, 15) is 9.36 Å². The summed E-state index contributed by atoms with van der Waals surface area (Å²) in [7, 11) is -2.92. The minimum Gasteiger partial charge on any atom is -0.480 e. The Morgan fingerprint density at radius 2 is 2.29 bits per heavy atom. The van der Waals surface area contributed by atoms with Gasteiger partial charge in [0.2, 0.25) is 0 Å². The van der Waals surface area contributed by atoms with E-state index in [2.05, 4.69) is 9.97 Å². The van der Waals surface area contributed by atoms with Gasteiger partial charge in [-0.05, 0) is 7.05 Å². The van der Waals surface area contributed by atoms with Crippen LogP contribution in [0.1, 0.15) is 5.69 Å². The molecule has 0 amide bonds. The first-order valence-electron chi connectivity index (χ1n) is 4.75. The summed E-state index contributed by atoms with van der Waals surface area (Å²) in [6.45, 7) is 0. The second-order valence-corrected chi connectivity index (χ2v) is 5.29. The van der Waals surface area contributed by atoms with Gasteiger partial charge in [0, 0.05) is 12.6 Å². The van der Waals surface area contributed by atoms with Crippen molar-refractivity contribution in [2.24, 2.45) is 0 Å². The fourth-order valence-electron chi connectivity index (χ4n) is 1.42. The SMILES string of the molecule is CN(CP(=O)(O)O)[C@@H](Cc1c[nH]cn1)C(=O)O. The van der Waals surface area contributed by atoms with E-state index in [1.54, 1.807) is 6.20 Å². The first kappa shape index (κ1) is 13.9. The van der Waals surface area contributed by atoms with E-state index in [0.29, 0.717) is 5.69 Å². The third kappa shape index (κ3) is 4.66. The molecule has 0 fully saturated rings. The molecule has 1 aromatic rings. The highest BCUT2D eigenvalue weighted by atomic mass is 31.2. The van der Waals surface area contributed by atoms with Crippen LogP contribution in [0.2, 0.25) is 0 Å². The van der Waals surface area contributed by atoms with Crippen LogP contribution in [0.3, 0.4) is 0 Å². The molecule has 0 radical (unpaired) electrons. The van der Waals surface area contributed by atoms with Gasteiger partial charge in [-0.3, -0.25) is 14.3 Å². The van der Waals surface area contributed by atoms with Crippen molar-refractivity contribution < 1.29 is 24.3 Å². The van der Waals surface area contributed by atoms with Crippen LogP contribution in [0, 0.1) is 0 Å². The van der Waals surface area contributed by atoms with Gasteiger partial charge < -0.3 is 19.9 Å².